The maximum absolute atomic E-state index is 11.8. The first-order valence-electron chi connectivity index (χ1n) is 4.79. The summed E-state index contributed by atoms with van der Waals surface area (Å²) < 4.78 is 3.35. The molecule has 0 saturated heterocycles. The lowest BCUT2D eigenvalue weighted by Gasteiger charge is -2.08. The van der Waals surface area contributed by atoms with Gasteiger partial charge in [0.05, 0.1) is 10.9 Å². The van der Waals surface area contributed by atoms with Gasteiger partial charge in [0.25, 0.3) is 5.56 Å². The normalized spacial score (nSPS) is 11.2. The predicted molar refractivity (Wildman–Crippen MR) is 59.3 cm³/mol. The zero-order chi connectivity index (χ0) is 11.3. The third-order valence-electron chi connectivity index (χ3n) is 3.01. The Morgan fingerprint density at radius 1 is 1.27 bits per heavy atom. The van der Waals surface area contributed by atoms with E-state index in [0.717, 1.165) is 16.6 Å². The fourth-order valence-electron chi connectivity index (χ4n) is 2.09. The van der Waals surface area contributed by atoms with Crippen LogP contribution in [-0.4, -0.2) is 14.2 Å². The van der Waals surface area contributed by atoms with E-state index < -0.39 is 0 Å². The number of rotatable bonds is 0. The zero-order valence-electron chi connectivity index (χ0n) is 9.33. The topological polar surface area (TPSA) is 47.2 Å². The summed E-state index contributed by atoms with van der Waals surface area (Å²) in [6.07, 6.45) is 1.63. The summed E-state index contributed by atoms with van der Waals surface area (Å²) in [5, 5.41) is 10.5. The largest absolute Gasteiger partial charge is 0.506 e. The van der Waals surface area contributed by atoms with Crippen LogP contribution in [0, 0.1) is 13.8 Å². The van der Waals surface area contributed by atoms with E-state index in [1.807, 2.05) is 14.0 Å². The van der Waals surface area contributed by atoms with Gasteiger partial charge in [-0.2, -0.15) is 0 Å². The van der Waals surface area contributed by atoms with Crippen LogP contribution < -0.4 is 5.56 Å². The van der Waals surface area contributed by atoms with Crippen molar-refractivity contribution in [3.05, 3.63) is 27.8 Å². The number of hydrogen-bond donors (Lipinski definition) is 1. The first-order valence-corrected chi connectivity index (χ1v) is 4.79. The monoisotopic (exact) mass is 206 g/mol. The van der Waals surface area contributed by atoms with Crippen LogP contribution in [0.3, 0.4) is 0 Å². The molecule has 0 aliphatic heterocycles. The van der Waals surface area contributed by atoms with E-state index in [-0.39, 0.29) is 11.3 Å². The molecule has 4 nitrogen and oxygen atoms in total. The molecule has 0 atom stereocenters. The number of fused-ring (bicyclic) bond motifs is 1. The standard InChI is InChI=1S/C11H14N2O2/c1-6-10-9(8(14)5-12(10)3)7(2)13(4)11(6)15/h5,14H,1-4H3. The van der Waals surface area contributed by atoms with Gasteiger partial charge in [-0.05, 0) is 13.8 Å². The summed E-state index contributed by atoms with van der Waals surface area (Å²) in [6.45, 7) is 3.62. The van der Waals surface area contributed by atoms with Gasteiger partial charge in [-0.1, -0.05) is 0 Å². The van der Waals surface area contributed by atoms with Crippen LogP contribution >= 0.6 is 0 Å². The summed E-state index contributed by atoms with van der Waals surface area (Å²) in [5.41, 5.74) is 2.26. The highest BCUT2D eigenvalue weighted by atomic mass is 16.3. The van der Waals surface area contributed by atoms with Crippen molar-refractivity contribution in [1.82, 2.24) is 9.13 Å². The molecule has 2 aromatic rings. The molecule has 0 aromatic carbocycles. The average molecular weight is 206 g/mol. The van der Waals surface area contributed by atoms with Crippen LogP contribution in [0.1, 0.15) is 11.3 Å². The first kappa shape index (κ1) is 9.83. The Morgan fingerprint density at radius 3 is 2.47 bits per heavy atom. The van der Waals surface area contributed by atoms with E-state index in [1.54, 1.807) is 29.3 Å². The molecule has 0 saturated carbocycles. The lowest BCUT2D eigenvalue weighted by molar-refractivity contribution is 0.479. The molecule has 0 unspecified atom stereocenters. The van der Waals surface area contributed by atoms with Crippen molar-refractivity contribution in [2.45, 2.75) is 13.8 Å². The van der Waals surface area contributed by atoms with Crippen LogP contribution in [0.15, 0.2) is 11.0 Å². The van der Waals surface area contributed by atoms with E-state index in [1.165, 1.54) is 0 Å². The van der Waals surface area contributed by atoms with Gasteiger partial charge < -0.3 is 14.2 Å². The number of nitrogens with zero attached hydrogens (tertiary/aromatic N) is 2. The first-order chi connectivity index (χ1) is 6.95. The second-order valence-electron chi connectivity index (χ2n) is 3.92. The smallest absolute Gasteiger partial charge is 0.255 e. The van der Waals surface area contributed by atoms with Crippen molar-refractivity contribution < 1.29 is 5.11 Å². The van der Waals surface area contributed by atoms with Gasteiger partial charge in [0.2, 0.25) is 0 Å². The van der Waals surface area contributed by atoms with E-state index >= 15 is 0 Å². The average Bonchev–Trinajstić information content (AvgIpc) is 2.47. The summed E-state index contributed by atoms with van der Waals surface area (Å²) in [7, 11) is 3.55. The van der Waals surface area contributed by atoms with Crippen molar-refractivity contribution in [2.24, 2.45) is 14.1 Å². The van der Waals surface area contributed by atoms with Gasteiger partial charge in [-0.25, -0.2) is 0 Å². The van der Waals surface area contributed by atoms with Gasteiger partial charge in [-0.15, -0.1) is 0 Å². The lowest BCUT2D eigenvalue weighted by Crippen LogP contribution is -2.22. The van der Waals surface area contributed by atoms with Crippen LogP contribution in [-0.2, 0) is 14.1 Å². The van der Waals surface area contributed by atoms with E-state index in [4.69, 9.17) is 0 Å². The molecular formula is C11H14N2O2. The Balaban J connectivity index is 3.18. The van der Waals surface area contributed by atoms with E-state index in [0.29, 0.717) is 5.56 Å². The van der Waals surface area contributed by atoms with Crippen molar-refractivity contribution >= 4 is 10.9 Å². The molecular weight excluding hydrogens is 192 g/mol. The Kier molecular flexibility index (Phi) is 1.89. The van der Waals surface area contributed by atoms with Crippen molar-refractivity contribution in [3.63, 3.8) is 0 Å². The Morgan fingerprint density at radius 2 is 1.87 bits per heavy atom. The van der Waals surface area contributed by atoms with Crippen molar-refractivity contribution in [2.75, 3.05) is 0 Å². The molecule has 80 valence electrons. The van der Waals surface area contributed by atoms with Gasteiger partial charge in [-0.3, -0.25) is 4.79 Å². The van der Waals surface area contributed by atoms with Gasteiger partial charge >= 0.3 is 0 Å². The number of pyridine rings is 1. The highest BCUT2D eigenvalue weighted by molar-refractivity contribution is 5.90. The van der Waals surface area contributed by atoms with Crippen molar-refractivity contribution in [1.29, 1.82) is 0 Å². The van der Waals surface area contributed by atoms with Crippen LogP contribution in [0.4, 0.5) is 0 Å². The second kappa shape index (κ2) is 2.89. The summed E-state index contributed by atoms with van der Waals surface area (Å²) in [5.74, 6) is 0.226. The molecule has 2 heterocycles. The number of aromatic hydroxyl groups is 1. The van der Waals surface area contributed by atoms with E-state index in [9.17, 15) is 9.90 Å². The zero-order valence-corrected chi connectivity index (χ0v) is 9.33. The Bertz CT molecular complexity index is 605. The number of aromatic nitrogens is 2. The summed E-state index contributed by atoms with van der Waals surface area (Å²) in [4.78, 5) is 11.8. The third-order valence-corrected chi connectivity index (χ3v) is 3.01. The molecule has 15 heavy (non-hydrogen) atoms. The van der Waals surface area contributed by atoms with Gasteiger partial charge in [0.1, 0.15) is 5.75 Å². The molecule has 1 N–H and O–H groups in total. The quantitative estimate of drug-likeness (QED) is 0.704. The van der Waals surface area contributed by atoms with Crippen LogP contribution in [0.5, 0.6) is 5.75 Å². The molecule has 0 fully saturated rings. The highest BCUT2D eigenvalue weighted by Crippen LogP contribution is 2.29. The maximum atomic E-state index is 11.8. The van der Waals surface area contributed by atoms with Crippen LogP contribution in [0.2, 0.25) is 0 Å². The lowest BCUT2D eigenvalue weighted by atomic mass is 10.1. The fourth-order valence-corrected chi connectivity index (χ4v) is 2.09. The maximum Gasteiger partial charge on any atom is 0.255 e. The minimum absolute atomic E-state index is 0.0128. The Hall–Kier alpha value is -1.71. The molecule has 0 aliphatic carbocycles. The molecule has 0 radical (unpaired) electrons. The van der Waals surface area contributed by atoms with Gasteiger partial charge in [0.15, 0.2) is 0 Å². The SMILES string of the molecule is Cc1c(=O)n(C)c(C)c2c(O)cn(C)c12. The van der Waals surface area contributed by atoms with Crippen LogP contribution in [0.25, 0.3) is 10.9 Å². The second-order valence-corrected chi connectivity index (χ2v) is 3.92. The van der Waals surface area contributed by atoms with E-state index in [2.05, 4.69) is 0 Å². The third kappa shape index (κ3) is 1.11. The highest BCUT2D eigenvalue weighted by Gasteiger charge is 2.15. The van der Waals surface area contributed by atoms with Crippen molar-refractivity contribution in [3.8, 4) is 5.75 Å². The fraction of sp³-hybridized carbons (Fsp3) is 0.364. The summed E-state index contributed by atoms with van der Waals surface area (Å²) >= 11 is 0. The Labute approximate surface area is 87.4 Å². The summed E-state index contributed by atoms with van der Waals surface area (Å²) in [6, 6.07) is 0. The molecule has 2 rings (SSSR count). The predicted octanol–water partition coefficient (Wildman–Crippen LogP) is 1.20. The number of hydrogen-bond acceptors (Lipinski definition) is 2. The minimum Gasteiger partial charge on any atom is -0.506 e. The molecule has 0 amide bonds. The molecule has 0 bridgehead atoms. The molecule has 0 spiro atoms. The van der Waals surface area contributed by atoms with Gasteiger partial charge in [0, 0.05) is 31.5 Å². The molecule has 4 heteroatoms. The number of aryl methyl sites for hydroxylation is 3. The molecule has 2 aromatic heterocycles. The minimum atomic E-state index is -0.0128. The molecule has 0 aliphatic rings.